The van der Waals surface area contributed by atoms with E-state index in [-0.39, 0.29) is 0 Å². The van der Waals surface area contributed by atoms with Crippen LogP contribution in [-0.2, 0) is 6.42 Å². The van der Waals surface area contributed by atoms with E-state index in [0.29, 0.717) is 12.2 Å². The molecule has 5 nitrogen and oxygen atoms in total. The van der Waals surface area contributed by atoms with Gasteiger partial charge < -0.3 is 0 Å². The van der Waals surface area contributed by atoms with Gasteiger partial charge in [0.15, 0.2) is 5.82 Å². The predicted octanol–water partition coefficient (Wildman–Crippen LogP) is 0.247. The van der Waals surface area contributed by atoms with Crippen molar-refractivity contribution in [1.29, 1.82) is 0 Å². The number of tetrazole rings is 1. The third-order valence-electron chi connectivity index (χ3n) is 1.21. The highest BCUT2D eigenvalue weighted by Gasteiger charge is 2.00. The molecule has 0 amide bonds. The highest BCUT2D eigenvalue weighted by atomic mass is 32.1. The Labute approximate surface area is 66.5 Å². The number of aromatic nitrogens is 5. The molecule has 0 atom stereocenters. The lowest BCUT2D eigenvalue weighted by Crippen LogP contribution is -1.87. The highest BCUT2D eigenvalue weighted by Crippen LogP contribution is 2.08. The number of thiazole rings is 1. The first-order valence-corrected chi connectivity index (χ1v) is 3.93. The van der Waals surface area contributed by atoms with E-state index in [1.807, 2.05) is 0 Å². The molecule has 0 radical (unpaired) electrons. The van der Waals surface area contributed by atoms with Gasteiger partial charge in [-0.1, -0.05) is 5.21 Å². The summed E-state index contributed by atoms with van der Waals surface area (Å²) in [5.41, 5.74) is 1.79. The molecule has 2 heterocycles. The SMILES string of the molecule is c1ncc(Cc2nn[nH]n2)s1. The standard InChI is InChI=1S/C5H5N5S/c1(4-2-6-3-11-4)5-7-9-10-8-5/h2-3H,1H2,(H,7,8,9,10). The van der Waals surface area contributed by atoms with Gasteiger partial charge in [-0.2, -0.15) is 5.21 Å². The zero-order valence-electron chi connectivity index (χ0n) is 5.56. The smallest absolute Gasteiger partial charge is 0.179 e. The van der Waals surface area contributed by atoms with E-state index in [1.165, 1.54) is 0 Å². The van der Waals surface area contributed by atoms with Gasteiger partial charge in [-0.25, -0.2) is 0 Å². The number of nitrogens with zero attached hydrogens (tertiary/aromatic N) is 4. The van der Waals surface area contributed by atoms with Gasteiger partial charge in [-0.3, -0.25) is 4.98 Å². The minimum Gasteiger partial charge on any atom is -0.253 e. The Kier molecular flexibility index (Phi) is 1.60. The van der Waals surface area contributed by atoms with Crippen LogP contribution in [0.2, 0.25) is 0 Å². The summed E-state index contributed by atoms with van der Waals surface area (Å²) in [6.07, 6.45) is 2.52. The first-order valence-electron chi connectivity index (χ1n) is 3.05. The second-order valence-corrected chi connectivity index (χ2v) is 2.94. The number of hydrogen-bond acceptors (Lipinski definition) is 5. The monoisotopic (exact) mass is 167 g/mol. The number of rotatable bonds is 2. The van der Waals surface area contributed by atoms with Crippen molar-refractivity contribution in [2.45, 2.75) is 6.42 Å². The molecule has 0 saturated heterocycles. The van der Waals surface area contributed by atoms with E-state index < -0.39 is 0 Å². The molecule has 0 aliphatic heterocycles. The van der Waals surface area contributed by atoms with E-state index in [0.717, 1.165) is 4.88 Å². The summed E-state index contributed by atoms with van der Waals surface area (Å²) >= 11 is 1.59. The summed E-state index contributed by atoms with van der Waals surface area (Å²) < 4.78 is 0. The van der Waals surface area contributed by atoms with Crippen molar-refractivity contribution in [2.24, 2.45) is 0 Å². The summed E-state index contributed by atoms with van der Waals surface area (Å²) in [6, 6.07) is 0. The fourth-order valence-electron chi connectivity index (χ4n) is 0.743. The molecule has 0 saturated carbocycles. The van der Waals surface area contributed by atoms with Crippen molar-refractivity contribution < 1.29 is 0 Å². The molecule has 6 heteroatoms. The summed E-state index contributed by atoms with van der Waals surface area (Å²) in [7, 11) is 0. The topological polar surface area (TPSA) is 67.3 Å². The molecule has 0 aromatic carbocycles. The lowest BCUT2D eigenvalue weighted by Gasteiger charge is -1.84. The maximum Gasteiger partial charge on any atom is 0.179 e. The maximum absolute atomic E-state index is 3.94. The van der Waals surface area contributed by atoms with Crippen LogP contribution in [-0.4, -0.2) is 25.6 Å². The fraction of sp³-hybridized carbons (Fsp3) is 0.200. The van der Waals surface area contributed by atoms with E-state index in [4.69, 9.17) is 0 Å². The second kappa shape index (κ2) is 2.75. The van der Waals surface area contributed by atoms with Crippen LogP contribution in [0.3, 0.4) is 0 Å². The maximum atomic E-state index is 3.94. The minimum atomic E-state index is 0.703. The average Bonchev–Trinajstić information content (AvgIpc) is 2.60. The molecule has 56 valence electrons. The summed E-state index contributed by atoms with van der Waals surface area (Å²) in [4.78, 5) is 5.08. The number of nitrogens with one attached hydrogen (secondary N) is 1. The number of H-pyrrole nitrogens is 1. The number of hydrogen-bond donors (Lipinski definition) is 1. The molecular formula is C5H5N5S. The average molecular weight is 167 g/mol. The van der Waals surface area contributed by atoms with Crippen molar-refractivity contribution in [2.75, 3.05) is 0 Å². The molecule has 1 N–H and O–H groups in total. The van der Waals surface area contributed by atoms with Crippen molar-refractivity contribution in [3.8, 4) is 0 Å². The van der Waals surface area contributed by atoms with Gasteiger partial charge in [0.2, 0.25) is 0 Å². The van der Waals surface area contributed by atoms with E-state index in [2.05, 4.69) is 25.6 Å². The quantitative estimate of drug-likeness (QED) is 0.696. The van der Waals surface area contributed by atoms with Gasteiger partial charge >= 0.3 is 0 Å². The van der Waals surface area contributed by atoms with Crippen molar-refractivity contribution in [1.82, 2.24) is 25.6 Å². The van der Waals surface area contributed by atoms with Gasteiger partial charge in [-0.05, 0) is 0 Å². The molecule has 2 aromatic rings. The Hall–Kier alpha value is -1.30. The van der Waals surface area contributed by atoms with Crippen LogP contribution in [0, 0.1) is 0 Å². The summed E-state index contributed by atoms with van der Waals surface area (Å²) in [6.45, 7) is 0. The zero-order valence-corrected chi connectivity index (χ0v) is 6.38. The van der Waals surface area contributed by atoms with E-state index >= 15 is 0 Å². The Morgan fingerprint density at radius 2 is 2.55 bits per heavy atom. The predicted molar refractivity (Wildman–Crippen MR) is 39.1 cm³/mol. The number of aromatic amines is 1. The van der Waals surface area contributed by atoms with Gasteiger partial charge in [-0.15, -0.1) is 21.5 Å². The molecule has 11 heavy (non-hydrogen) atoms. The lowest BCUT2D eigenvalue weighted by molar-refractivity contribution is 0.881. The normalized spacial score (nSPS) is 10.2. The first kappa shape index (κ1) is 6.41. The molecule has 0 bridgehead atoms. The van der Waals surface area contributed by atoms with Crippen LogP contribution in [0.4, 0.5) is 0 Å². The lowest BCUT2D eigenvalue weighted by atomic mass is 10.4. The minimum absolute atomic E-state index is 0.703. The molecule has 0 unspecified atom stereocenters. The first-order chi connectivity index (χ1) is 5.45. The largest absolute Gasteiger partial charge is 0.253 e. The van der Waals surface area contributed by atoms with Gasteiger partial charge in [0.05, 0.1) is 5.51 Å². The fourth-order valence-corrected chi connectivity index (χ4v) is 1.33. The summed E-state index contributed by atoms with van der Waals surface area (Å²) in [5.74, 6) is 0.703. The molecule has 2 rings (SSSR count). The Morgan fingerprint density at radius 1 is 1.55 bits per heavy atom. The molecule has 0 spiro atoms. The third kappa shape index (κ3) is 1.40. The van der Waals surface area contributed by atoms with Crippen molar-refractivity contribution >= 4 is 11.3 Å². The van der Waals surface area contributed by atoms with Gasteiger partial charge in [0, 0.05) is 17.5 Å². The van der Waals surface area contributed by atoms with E-state index in [9.17, 15) is 0 Å². The van der Waals surface area contributed by atoms with Gasteiger partial charge in [0.1, 0.15) is 0 Å². The molecule has 2 aromatic heterocycles. The Bertz CT molecular complexity index is 267. The molecule has 0 aliphatic carbocycles. The van der Waals surface area contributed by atoms with Crippen LogP contribution in [0.25, 0.3) is 0 Å². The molecule has 0 aliphatic rings. The third-order valence-corrected chi connectivity index (χ3v) is 1.98. The second-order valence-electron chi connectivity index (χ2n) is 1.97. The molecule has 0 fully saturated rings. The zero-order chi connectivity index (χ0) is 7.52. The van der Waals surface area contributed by atoms with Crippen LogP contribution in [0.1, 0.15) is 10.7 Å². The Balaban J connectivity index is 2.14. The van der Waals surface area contributed by atoms with Gasteiger partial charge in [0.25, 0.3) is 0 Å². The Morgan fingerprint density at radius 3 is 3.18 bits per heavy atom. The van der Waals surface area contributed by atoms with E-state index in [1.54, 1.807) is 23.0 Å². The van der Waals surface area contributed by atoms with Crippen LogP contribution >= 0.6 is 11.3 Å². The van der Waals surface area contributed by atoms with Crippen molar-refractivity contribution in [3.05, 3.63) is 22.4 Å². The molecular weight excluding hydrogens is 162 g/mol. The van der Waals surface area contributed by atoms with Crippen LogP contribution < -0.4 is 0 Å². The van der Waals surface area contributed by atoms with Crippen molar-refractivity contribution in [3.63, 3.8) is 0 Å². The highest BCUT2D eigenvalue weighted by molar-refractivity contribution is 7.09. The summed E-state index contributed by atoms with van der Waals surface area (Å²) in [5, 5.41) is 13.5. The van der Waals surface area contributed by atoms with Crippen LogP contribution in [0.5, 0.6) is 0 Å². The van der Waals surface area contributed by atoms with Crippen LogP contribution in [0.15, 0.2) is 11.7 Å².